The van der Waals surface area contributed by atoms with E-state index < -0.39 is 17.2 Å². The van der Waals surface area contributed by atoms with Gasteiger partial charge in [-0.15, -0.1) is 0 Å². The molecule has 0 amide bonds. The zero-order valence-corrected chi connectivity index (χ0v) is 10.7. The number of carbonyl (C=O) groups excluding carboxylic acids is 1. The van der Waals surface area contributed by atoms with Crippen molar-refractivity contribution < 1.29 is 18.3 Å². The van der Waals surface area contributed by atoms with Crippen LogP contribution in [0.25, 0.3) is 0 Å². The molecule has 1 atom stereocenters. The summed E-state index contributed by atoms with van der Waals surface area (Å²) < 4.78 is 27.4. The summed E-state index contributed by atoms with van der Waals surface area (Å²) >= 11 is 2.99. The molecule has 0 aromatic heterocycles. The molecule has 94 valence electrons. The number of rotatable bonds is 8. The summed E-state index contributed by atoms with van der Waals surface area (Å²) in [7, 11) is 0. The van der Waals surface area contributed by atoms with E-state index in [1.807, 2.05) is 6.92 Å². The Kier molecular flexibility index (Phi) is 8.46. The van der Waals surface area contributed by atoms with E-state index in [-0.39, 0.29) is 18.2 Å². The lowest BCUT2D eigenvalue weighted by molar-refractivity contribution is -0.138. The Morgan fingerprint density at radius 1 is 1.56 bits per heavy atom. The van der Waals surface area contributed by atoms with Crippen molar-refractivity contribution in [3.05, 3.63) is 11.6 Å². The molecule has 0 bridgehead atoms. The second kappa shape index (κ2) is 8.69. The van der Waals surface area contributed by atoms with Crippen LogP contribution in [0.15, 0.2) is 11.6 Å². The first-order valence-electron chi connectivity index (χ1n) is 4.84. The van der Waals surface area contributed by atoms with Crippen molar-refractivity contribution in [3.63, 3.8) is 0 Å². The maximum absolute atomic E-state index is 10.9. The van der Waals surface area contributed by atoms with E-state index in [1.54, 1.807) is 0 Å². The molecule has 16 heavy (non-hydrogen) atoms. The molecule has 0 saturated heterocycles. The SMILES string of the molecule is C=C(Cl)C(=O)OCCN(CCCC)S(=O)[O-]. The van der Waals surface area contributed by atoms with Crippen molar-refractivity contribution >= 4 is 28.8 Å². The van der Waals surface area contributed by atoms with E-state index >= 15 is 0 Å². The van der Waals surface area contributed by atoms with Gasteiger partial charge in [0.25, 0.3) is 0 Å². The fraction of sp³-hybridized carbons (Fsp3) is 0.667. The van der Waals surface area contributed by atoms with E-state index in [4.69, 9.17) is 11.6 Å². The highest BCUT2D eigenvalue weighted by Gasteiger charge is 2.08. The minimum absolute atomic E-state index is 0.0255. The molecule has 0 rings (SSSR count). The summed E-state index contributed by atoms with van der Waals surface area (Å²) in [4.78, 5) is 10.9. The predicted octanol–water partition coefficient (Wildman–Crippen LogP) is 1.18. The van der Waals surface area contributed by atoms with Gasteiger partial charge in [0.15, 0.2) is 0 Å². The number of unbranched alkanes of at least 4 members (excludes halogenated alkanes) is 1. The second-order valence-corrected chi connectivity index (χ2v) is 4.45. The molecule has 1 unspecified atom stereocenters. The van der Waals surface area contributed by atoms with E-state index in [0.29, 0.717) is 6.54 Å². The monoisotopic (exact) mass is 268 g/mol. The molecule has 0 heterocycles. The van der Waals surface area contributed by atoms with Crippen LogP contribution in [-0.4, -0.2) is 38.7 Å². The molecular weight excluding hydrogens is 254 g/mol. The number of ether oxygens (including phenoxy) is 1. The number of carbonyl (C=O) groups is 1. The number of esters is 1. The van der Waals surface area contributed by atoms with E-state index in [9.17, 15) is 13.6 Å². The highest BCUT2D eigenvalue weighted by molar-refractivity contribution is 7.76. The molecule has 0 saturated carbocycles. The fourth-order valence-electron chi connectivity index (χ4n) is 0.914. The maximum atomic E-state index is 10.9. The molecule has 0 fully saturated rings. The smallest absolute Gasteiger partial charge is 0.349 e. The summed E-state index contributed by atoms with van der Waals surface area (Å²) in [5.41, 5.74) is 0. The Labute approximate surface area is 103 Å². The van der Waals surface area contributed by atoms with Crippen LogP contribution in [-0.2, 0) is 20.8 Å². The average Bonchev–Trinajstić information content (AvgIpc) is 2.21. The second-order valence-electron chi connectivity index (χ2n) is 3.04. The molecule has 0 aliphatic heterocycles. The van der Waals surface area contributed by atoms with Gasteiger partial charge in [-0.3, -0.25) is 4.21 Å². The zero-order chi connectivity index (χ0) is 12.6. The normalized spacial score (nSPS) is 12.5. The van der Waals surface area contributed by atoms with Crippen molar-refractivity contribution in [3.8, 4) is 0 Å². The van der Waals surface area contributed by atoms with Gasteiger partial charge in [0.05, 0.1) is 0 Å². The third-order valence-corrected chi connectivity index (χ3v) is 2.71. The van der Waals surface area contributed by atoms with Crippen LogP contribution in [0.1, 0.15) is 19.8 Å². The number of halogens is 1. The summed E-state index contributed by atoms with van der Waals surface area (Å²) in [5.74, 6) is -0.728. The Morgan fingerprint density at radius 2 is 2.19 bits per heavy atom. The molecule has 0 radical (unpaired) electrons. The summed E-state index contributed by atoms with van der Waals surface area (Å²) in [5, 5.41) is -0.219. The Hall–Kier alpha value is -0.430. The van der Waals surface area contributed by atoms with Gasteiger partial charge in [-0.2, -0.15) is 0 Å². The van der Waals surface area contributed by atoms with Crippen LogP contribution >= 0.6 is 11.6 Å². The quantitative estimate of drug-likeness (QED) is 0.377. The lowest BCUT2D eigenvalue weighted by Crippen LogP contribution is -2.31. The first-order valence-corrected chi connectivity index (χ1v) is 6.25. The number of hydrogen-bond donors (Lipinski definition) is 0. The third kappa shape index (κ3) is 6.95. The predicted molar refractivity (Wildman–Crippen MR) is 61.4 cm³/mol. The Balaban J connectivity index is 3.89. The zero-order valence-electron chi connectivity index (χ0n) is 9.11. The highest BCUT2D eigenvalue weighted by atomic mass is 35.5. The van der Waals surface area contributed by atoms with Crippen LogP contribution < -0.4 is 0 Å². The summed E-state index contributed by atoms with van der Waals surface area (Å²) in [6, 6.07) is 0. The van der Waals surface area contributed by atoms with Crippen molar-refractivity contribution in [2.75, 3.05) is 19.7 Å². The van der Waals surface area contributed by atoms with Crippen molar-refractivity contribution in [2.45, 2.75) is 19.8 Å². The van der Waals surface area contributed by atoms with E-state index in [0.717, 1.165) is 12.8 Å². The summed E-state index contributed by atoms with van der Waals surface area (Å²) in [6.07, 6.45) is 1.66. The van der Waals surface area contributed by atoms with Crippen molar-refractivity contribution in [1.82, 2.24) is 4.31 Å². The van der Waals surface area contributed by atoms with Crippen molar-refractivity contribution in [2.24, 2.45) is 0 Å². The molecule has 5 nitrogen and oxygen atoms in total. The van der Waals surface area contributed by atoms with Gasteiger partial charge < -0.3 is 9.29 Å². The van der Waals surface area contributed by atoms with Crippen LogP contribution in [0, 0.1) is 0 Å². The standard InChI is InChI=1S/C9H16ClNO4S/c1-3-4-5-11(16(13)14)6-7-15-9(12)8(2)10/h2-7H2,1H3,(H,13,14)/p-1. The molecule has 0 spiro atoms. The molecule has 0 aliphatic rings. The lowest BCUT2D eigenvalue weighted by Gasteiger charge is -2.23. The number of hydrogen-bond acceptors (Lipinski definition) is 4. The topological polar surface area (TPSA) is 69.7 Å². The Bertz CT molecular complexity index is 272. The molecular formula is C9H15ClNO4S-. The first kappa shape index (κ1) is 15.6. The minimum atomic E-state index is -2.29. The minimum Gasteiger partial charge on any atom is -0.760 e. The third-order valence-electron chi connectivity index (χ3n) is 1.77. The lowest BCUT2D eigenvalue weighted by atomic mass is 10.3. The molecule has 0 aromatic rings. The van der Waals surface area contributed by atoms with Gasteiger partial charge in [-0.05, 0) is 6.42 Å². The maximum Gasteiger partial charge on any atom is 0.349 e. The fourth-order valence-corrected chi connectivity index (χ4v) is 1.47. The largest absolute Gasteiger partial charge is 0.760 e. The van der Waals surface area contributed by atoms with Gasteiger partial charge in [0.2, 0.25) is 0 Å². The van der Waals surface area contributed by atoms with Crippen molar-refractivity contribution in [1.29, 1.82) is 0 Å². The molecule has 0 aromatic carbocycles. The van der Waals surface area contributed by atoms with Crippen LogP contribution in [0.5, 0.6) is 0 Å². The van der Waals surface area contributed by atoms with Gasteiger partial charge in [0, 0.05) is 24.4 Å². The van der Waals surface area contributed by atoms with Crippen LogP contribution in [0.3, 0.4) is 0 Å². The van der Waals surface area contributed by atoms with Gasteiger partial charge >= 0.3 is 5.97 Å². The Morgan fingerprint density at radius 3 is 2.62 bits per heavy atom. The number of nitrogens with zero attached hydrogens (tertiary/aromatic N) is 1. The van der Waals surface area contributed by atoms with Gasteiger partial charge in [-0.25, -0.2) is 9.10 Å². The van der Waals surface area contributed by atoms with Crippen LogP contribution in [0.4, 0.5) is 0 Å². The van der Waals surface area contributed by atoms with Crippen LogP contribution in [0.2, 0.25) is 0 Å². The first-order chi connectivity index (χ1) is 7.49. The molecule has 0 aliphatic carbocycles. The molecule has 7 heteroatoms. The highest BCUT2D eigenvalue weighted by Crippen LogP contribution is 2.01. The molecule has 0 N–H and O–H groups in total. The average molecular weight is 269 g/mol. The van der Waals surface area contributed by atoms with E-state index in [2.05, 4.69) is 11.3 Å². The van der Waals surface area contributed by atoms with E-state index in [1.165, 1.54) is 4.31 Å². The van der Waals surface area contributed by atoms with Gasteiger partial charge in [-0.1, -0.05) is 31.5 Å². The summed E-state index contributed by atoms with van der Waals surface area (Å²) in [6.45, 7) is 5.68. The van der Waals surface area contributed by atoms with Gasteiger partial charge in [0.1, 0.15) is 11.6 Å².